The highest BCUT2D eigenvalue weighted by molar-refractivity contribution is 6.20. The number of hydrogen-bond acceptors (Lipinski definition) is 1. The van der Waals surface area contributed by atoms with Crippen LogP contribution < -0.4 is 0 Å². The molecule has 1 aromatic rings. The monoisotopic (exact) mass is 214 g/mol. The topological polar surface area (TPSA) is 17.1 Å². The number of hydrogen-bond donors (Lipinski definition) is 0. The lowest BCUT2D eigenvalue weighted by Gasteiger charge is -2.19. The maximum Gasteiger partial charge on any atom is 0.169 e. The van der Waals surface area contributed by atoms with Crippen molar-refractivity contribution in [2.75, 3.05) is 5.88 Å². The first-order valence-electron chi connectivity index (χ1n) is 4.34. The van der Waals surface area contributed by atoms with Gasteiger partial charge in [0.15, 0.2) is 5.78 Å². The molecule has 0 radical (unpaired) electrons. The summed E-state index contributed by atoms with van der Waals surface area (Å²) in [4.78, 5) is 11.8. The average molecular weight is 215 g/mol. The molecule has 0 aromatic heterocycles. The Morgan fingerprint density at radius 2 is 2.14 bits per heavy atom. The first-order chi connectivity index (χ1) is 6.47. The fraction of sp³-hybridized carbons (Fsp3) is 0.364. The molecule has 0 aliphatic carbocycles. The Morgan fingerprint density at radius 1 is 1.50 bits per heavy atom. The highest BCUT2D eigenvalue weighted by Crippen LogP contribution is 2.23. The molecule has 0 saturated heterocycles. The lowest BCUT2D eigenvalue weighted by atomic mass is 9.86. The summed E-state index contributed by atoms with van der Waals surface area (Å²) in [5.74, 6) is -0.310. The van der Waals surface area contributed by atoms with Crippen LogP contribution in [0.15, 0.2) is 24.3 Å². The van der Waals surface area contributed by atoms with Crippen LogP contribution in [-0.2, 0) is 0 Å². The fourth-order valence-corrected chi connectivity index (χ4v) is 1.20. The fourth-order valence-electron chi connectivity index (χ4n) is 1.08. The molecular formula is C11H12ClFO. The predicted molar refractivity (Wildman–Crippen MR) is 55.2 cm³/mol. The highest BCUT2D eigenvalue weighted by atomic mass is 35.5. The lowest BCUT2D eigenvalue weighted by Crippen LogP contribution is -2.26. The number of carbonyl (C=O) groups excluding carboxylic acids is 1. The normalized spacial score (nSPS) is 11.4. The molecule has 14 heavy (non-hydrogen) atoms. The van der Waals surface area contributed by atoms with Crippen molar-refractivity contribution in [1.82, 2.24) is 0 Å². The smallest absolute Gasteiger partial charge is 0.169 e. The van der Waals surface area contributed by atoms with Crippen molar-refractivity contribution in [3.05, 3.63) is 35.6 Å². The van der Waals surface area contributed by atoms with E-state index in [2.05, 4.69) is 0 Å². The van der Waals surface area contributed by atoms with E-state index >= 15 is 0 Å². The van der Waals surface area contributed by atoms with E-state index in [9.17, 15) is 9.18 Å². The van der Waals surface area contributed by atoms with Gasteiger partial charge in [-0.2, -0.15) is 0 Å². The largest absolute Gasteiger partial charge is 0.294 e. The van der Waals surface area contributed by atoms with E-state index in [0.29, 0.717) is 5.56 Å². The van der Waals surface area contributed by atoms with Gasteiger partial charge in [-0.05, 0) is 12.1 Å². The van der Waals surface area contributed by atoms with Gasteiger partial charge in [-0.15, -0.1) is 11.6 Å². The molecule has 0 heterocycles. The number of halogens is 2. The molecule has 0 aliphatic heterocycles. The summed E-state index contributed by atoms with van der Waals surface area (Å²) >= 11 is 5.66. The number of carbonyl (C=O) groups is 1. The van der Waals surface area contributed by atoms with Gasteiger partial charge in [0.2, 0.25) is 0 Å². The summed E-state index contributed by atoms with van der Waals surface area (Å²) in [5, 5.41) is 0. The van der Waals surface area contributed by atoms with Crippen molar-refractivity contribution in [1.29, 1.82) is 0 Å². The second kappa shape index (κ2) is 4.09. The number of rotatable bonds is 3. The second-order valence-electron chi connectivity index (χ2n) is 3.86. The summed E-state index contributed by atoms with van der Waals surface area (Å²) in [7, 11) is 0. The quantitative estimate of drug-likeness (QED) is 0.558. The molecule has 0 unspecified atom stereocenters. The van der Waals surface area contributed by atoms with Gasteiger partial charge in [0, 0.05) is 16.9 Å². The molecule has 1 nitrogen and oxygen atoms in total. The first-order valence-corrected chi connectivity index (χ1v) is 4.87. The van der Waals surface area contributed by atoms with Crippen molar-refractivity contribution in [2.45, 2.75) is 13.8 Å². The zero-order valence-electron chi connectivity index (χ0n) is 8.18. The molecule has 0 atom stereocenters. The third kappa shape index (κ3) is 2.32. The molecule has 76 valence electrons. The van der Waals surface area contributed by atoms with E-state index in [4.69, 9.17) is 11.6 Å². The Kier molecular flexibility index (Phi) is 3.27. The van der Waals surface area contributed by atoms with Crippen molar-refractivity contribution in [3.8, 4) is 0 Å². The van der Waals surface area contributed by atoms with Crippen molar-refractivity contribution in [3.63, 3.8) is 0 Å². The van der Waals surface area contributed by atoms with E-state index in [0.717, 1.165) is 0 Å². The minimum atomic E-state index is -0.644. The third-order valence-corrected chi connectivity index (χ3v) is 2.70. The summed E-state index contributed by atoms with van der Waals surface area (Å²) < 4.78 is 12.8. The molecule has 3 heteroatoms. The van der Waals surface area contributed by atoms with Crippen LogP contribution in [0.5, 0.6) is 0 Å². The van der Waals surface area contributed by atoms with Crippen LogP contribution in [0.4, 0.5) is 4.39 Å². The molecule has 0 spiro atoms. The number of Topliss-reactive ketones (excluding diaryl/α,β-unsaturated/α-hetero) is 1. The second-order valence-corrected chi connectivity index (χ2v) is 4.12. The van der Waals surface area contributed by atoms with E-state index in [1.54, 1.807) is 19.9 Å². The van der Waals surface area contributed by atoms with Crippen molar-refractivity contribution >= 4 is 17.4 Å². The van der Waals surface area contributed by atoms with Gasteiger partial charge in [0.25, 0.3) is 0 Å². The van der Waals surface area contributed by atoms with Crippen LogP contribution in [-0.4, -0.2) is 11.7 Å². The van der Waals surface area contributed by atoms with Crippen LogP contribution in [0, 0.1) is 11.2 Å². The SMILES string of the molecule is CC(C)(CCl)C(=O)c1cccc(F)c1. The van der Waals surface area contributed by atoms with Gasteiger partial charge in [-0.25, -0.2) is 4.39 Å². The average Bonchev–Trinajstić information content (AvgIpc) is 2.16. The molecule has 1 aromatic carbocycles. The number of ketones is 1. The summed E-state index contributed by atoms with van der Waals surface area (Å²) in [6.07, 6.45) is 0. The maximum absolute atomic E-state index is 12.8. The predicted octanol–water partition coefficient (Wildman–Crippen LogP) is 3.27. The molecular weight excluding hydrogens is 203 g/mol. The standard InChI is InChI=1S/C11H12ClFO/c1-11(2,7-12)10(14)8-4-3-5-9(13)6-8/h3-6H,7H2,1-2H3. The zero-order valence-corrected chi connectivity index (χ0v) is 8.94. The molecule has 0 bridgehead atoms. The molecule has 1 rings (SSSR count). The molecule has 0 aliphatic rings. The van der Waals surface area contributed by atoms with Gasteiger partial charge < -0.3 is 0 Å². The number of alkyl halides is 1. The van der Waals surface area contributed by atoms with E-state index in [1.165, 1.54) is 18.2 Å². The summed E-state index contributed by atoms with van der Waals surface area (Å²) in [6, 6.07) is 5.66. The van der Waals surface area contributed by atoms with Crippen LogP contribution >= 0.6 is 11.6 Å². The zero-order chi connectivity index (χ0) is 10.8. The van der Waals surface area contributed by atoms with Crippen molar-refractivity contribution in [2.24, 2.45) is 5.41 Å². The van der Waals surface area contributed by atoms with Crippen LogP contribution in [0.2, 0.25) is 0 Å². The Hall–Kier alpha value is -0.890. The van der Waals surface area contributed by atoms with E-state index in [1.807, 2.05) is 0 Å². The van der Waals surface area contributed by atoms with Crippen LogP contribution in [0.25, 0.3) is 0 Å². The lowest BCUT2D eigenvalue weighted by molar-refractivity contribution is 0.0861. The van der Waals surface area contributed by atoms with E-state index < -0.39 is 11.2 Å². The Bertz CT molecular complexity index is 347. The minimum absolute atomic E-state index is 0.132. The summed E-state index contributed by atoms with van der Waals surface area (Å²) in [6.45, 7) is 3.49. The molecule has 0 saturated carbocycles. The Balaban J connectivity index is 3.01. The third-order valence-electron chi connectivity index (χ3n) is 2.04. The molecule has 0 N–H and O–H groups in total. The van der Waals surface area contributed by atoms with Crippen molar-refractivity contribution < 1.29 is 9.18 Å². The van der Waals surface area contributed by atoms with E-state index in [-0.39, 0.29) is 11.7 Å². The first kappa shape index (κ1) is 11.2. The van der Waals surface area contributed by atoms with Gasteiger partial charge in [0.05, 0.1) is 0 Å². The van der Waals surface area contributed by atoms with Gasteiger partial charge >= 0.3 is 0 Å². The minimum Gasteiger partial charge on any atom is -0.294 e. The Labute approximate surface area is 87.9 Å². The van der Waals surface area contributed by atoms with Crippen LogP contribution in [0.3, 0.4) is 0 Å². The Morgan fingerprint density at radius 3 is 2.64 bits per heavy atom. The van der Waals surface area contributed by atoms with Gasteiger partial charge in [-0.3, -0.25) is 4.79 Å². The molecule has 0 amide bonds. The summed E-state index contributed by atoms with van der Waals surface area (Å²) in [5.41, 5.74) is -0.273. The van der Waals surface area contributed by atoms with Crippen LogP contribution in [0.1, 0.15) is 24.2 Å². The maximum atomic E-state index is 12.8. The highest BCUT2D eigenvalue weighted by Gasteiger charge is 2.27. The number of benzene rings is 1. The van der Waals surface area contributed by atoms with Gasteiger partial charge in [-0.1, -0.05) is 26.0 Å². The molecule has 0 fully saturated rings. The van der Waals surface area contributed by atoms with Gasteiger partial charge in [0.1, 0.15) is 5.82 Å².